The van der Waals surface area contributed by atoms with Crippen molar-refractivity contribution >= 4 is 28.5 Å². The fraction of sp³-hybridized carbons (Fsp3) is 0.115. The molecule has 1 spiro atoms. The predicted molar refractivity (Wildman–Crippen MR) is 119 cm³/mol. The fourth-order valence-corrected chi connectivity index (χ4v) is 5.06. The number of likely N-dealkylation sites (N-methyl/N-ethyl adjacent to an activating group) is 1. The number of anilines is 1. The van der Waals surface area contributed by atoms with Gasteiger partial charge >= 0.3 is 0 Å². The van der Waals surface area contributed by atoms with Gasteiger partial charge in [0.2, 0.25) is 5.76 Å². The summed E-state index contributed by atoms with van der Waals surface area (Å²) in [5, 5.41) is -0.0607. The molecule has 0 fully saturated rings. The van der Waals surface area contributed by atoms with E-state index in [0.29, 0.717) is 16.8 Å². The molecule has 168 valence electrons. The summed E-state index contributed by atoms with van der Waals surface area (Å²) >= 11 is 0. The second-order valence-corrected chi connectivity index (χ2v) is 8.39. The lowest BCUT2D eigenvalue weighted by Crippen LogP contribution is -2.52. The Morgan fingerprint density at radius 1 is 0.912 bits per heavy atom. The number of halogens is 2. The molecule has 2 aliphatic heterocycles. The van der Waals surface area contributed by atoms with Crippen molar-refractivity contribution < 1.29 is 22.8 Å². The number of benzene rings is 3. The molecule has 8 heteroatoms. The van der Waals surface area contributed by atoms with Crippen molar-refractivity contribution in [3.63, 3.8) is 0 Å². The van der Waals surface area contributed by atoms with Gasteiger partial charge in [-0.3, -0.25) is 14.4 Å². The maximum atomic E-state index is 14.0. The first-order chi connectivity index (χ1) is 16.3. The maximum absolute atomic E-state index is 14.0. The summed E-state index contributed by atoms with van der Waals surface area (Å²) in [6.45, 7) is -0.0820. The van der Waals surface area contributed by atoms with E-state index in [4.69, 9.17) is 4.42 Å². The topological polar surface area (TPSA) is 70.8 Å². The predicted octanol–water partition coefficient (Wildman–Crippen LogP) is 3.95. The van der Waals surface area contributed by atoms with Crippen LogP contribution in [-0.2, 0) is 16.9 Å². The van der Waals surface area contributed by atoms with Crippen LogP contribution in [0.3, 0.4) is 0 Å². The van der Waals surface area contributed by atoms with Crippen LogP contribution in [-0.4, -0.2) is 23.8 Å². The molecule has 4 aromatic rings. The van der Waals surface area contributed by atoms with E-state index in [1.54, 1.807) is 31.3 Å². The van der Waals surface area contributed by atoms with Crippen LogP contribution in [0.5, 0.6) is 0 Å². The van der Waals surface area contributed by atoms with Gasteiger partial charge in [0, 0.05) is 24.8 Å². The molecule has 2 amide bonds. The van der Waals surface area contributed by atoms with Gasteiger partial charge in [0.25, 0.3) is 11.8 Å². The summed E-state index contributed by atoms with van der Waals surface area (Å²) in [6, 6.07) is 15.9. The molecule has 2 aliphatic rings. The first-order valence-corrected chi connectivity index (χ1v) is 10.5. The van der Waals surface area contributed by atoms with Crippen LogP contribution in [0.2, 0.25) is 0 Å². The van der Waals surface area contributed by atoms with E-state index in [1.807, 2.05) is 0 Å². The summed E-state index contributed by atoms with van der Waals surface area (Å²) in [5.41, 5.74) is -0.999. The van der Waals surface area contributed by atoms with Gasteiger partial charge in [-0.15, -0.1) is 0 Å². The standard InChI is InChI=1S/C26H16F2N2O4/c1-29-19-5-3-2-4-18(19)26(25(29)33)21-22(31)17-12-16(28)10-11-20(17)34-23(21)24(32)30(26)13-14-6-8-15(27)9-7-14/h2-12H,13H2,1H3. The lowest BCUT2D eigenvalue weighted by molar-refractivity contribution is -0.126. The zero-order valence-corrected chi connectivity index (χ0v) is 17.8. The van der Waals surface area contributed by atoms with Crippen LogP contribution >= 0.6 is 0 Å². The van der Waals surface area contributed by atoms with Gasteiger partial charge in [-0.2, -0.15) is 0 Å². The Morgan fingerprint density at radius 2 is 1.62 bits per heavy atom. The lowest BCUT2D eigenvalue weighted by atomic mass is 9.83. The number of carbonyl (C=O) groups excluding carboxylic acids is 2. The third-order valence-corrected chi connectivity index (χ3v) is 6.58. The molecule has 6 nitrogen and oxygen atoms in total. The van der Waals surface area contributed by atoms with Gasteiger partial charge in [-0.25, -0.2) is 8.78 Å². The van der Waals surface area contributed by atoms with Crippen LogP contribution in [0.15, 0.2) is 75.9 Å². The highest BCUT2D eigenvalue weighted by molar-refractivity contribution is 6.16. The van der Waals surface area contributed by atoms with Crippen LogP contribution in [0.1, 0.15) is 27.2 Å². The molecule has 0 aliphatic carbocycles. The Hall–Kier alpha value is -4.33. The molecule has 3 aromatic carbocycles. The van der Waals surface area contributed by atoms with E-state index in [1.165, 1.54) is 40.1 Å². The van der Waals surface area contributed by atoms with Gasteiger partial charge < -0.3 is 14.2 Å². The Balaban J connectivity index is 1.70. The van der Waals surface area contributed by atoms with Crippen molar-refractivity contribution in [3.8, 4) is 0 Å². The minimum absolute atomic E-state index is 0.0457. The third-order valence-electron chi connectivity index (χ3n) is 6.58. The lowest BCUT2D eigenvalue weighted by Gasteiger charge is -2.34. The molecule has 0 bridgehead atoms. The molecular weight excluding hydrogens is 442 g/mol. The highest BCUT2D eigenvalue weighted by atomic mass is 19.1. The van der Waals surface area contributed by atoms with Crippen LogP contribution in [0, 0.1) is 11.6 Å². The highest BCUT2D eigenvalue weighted by Gasteiger charge is 2.64. The molecule has 1 aromatic heterocycles. The van der Waals surface area contributed by atoms with E-state index in [9.17, 15) is 23.2 Å². The number of hydrogen-bond donors (Lipinski definition) is 0. The van der Waals surface area contributed by atoms with Crippen molar-refractivity contribution in [2.75, 3.05) is 11.9 Å². The largest absolute Gasteiger partial charge is 0.450 e. The smallest absolute Gasteiger partial charge is 0.291 e. The average Bonchev–Trinajstić information content (AvgIpc) is 3.21. The summed E-state index contributed by atoms with van der Waals surface area (Å²) in [6.07, 6.45) is 0. The zero-order chi connectivity index (χ0) is 23.8. The number of fused-ring (bicyclic) bond motifs is 5. The van der Waals surface area contributed by atoms with Crippen LogP contribution in [0.25, 0.3) is 11.0 Å². The molecule has 6 rings (SSSR count). The van der Waals surface area contributed by atoms with Gasteiger partial charge in [0.1, 0.15) is 17.2 Å². The summed E-state index contributed by atoms with van der Waals surface area (Å²) < 4.78 is 33.4. The second kappa shape index (κ2) is 6.84. The molecule has 3 heterocycles. The zero-order valence-electron chi connectivity index (χ0n) is 17.8. The molecule has 1 atom stereocenters. The van der Waals surface area contributed by atoms with Gasteiger partial charge in [0.05, 0.1) is 10.9 Å². The Labute approximate surface area is 191 Å². The molecule has 0 N–H and O–H groups in total. The number of amides is 2. The number of hydrogen-bond acceptors (Lipinski definition) is 4. The number of carbonyl (C=O) groups is 2. The molecule has 0 saturated heterocycles. The number of rotatable bonds is 2. The molecular formula is C26H16F2N2O4. The van der Waals surface area contributed by atoms with Crippen molar-refractivity contribution in [1.29, 1.82) is 0 Å². The van der Waals surface area contributed by atoms with E-state index >= 15 is 0 Å². The normalized spacial score (nSPS) is 18.8. The SMILES string of the molecule is CN1C(=O)C2(c3ccccc31)c1c(oc3ccc(F)cc3c1=O)C(=O)N2Cc1ccc(F)cc1. The first-order valence-electron chi connectivity index (χ1n) is 10.5. The van der Waals surface area contributed by atoms with E-state index in [-0.39, 0.29) is 28.8 Å². The minimum Gasteiger partial charge on any atom is -0.450 e. The average molecular weight is 458 g/mol. The maximum Gasteiger partial charge on any atom is 0.291 e. The number of nitrogens with zero attached hydrogens (tertiary/aromatic N) is 2. The number of para-hydroxylation sites is 1. The molecule has 1 unspecified atom stereocenters. The Kier molecular flexibility index (Phi) is 4.08. The Bertz CT molecular complexity index is 1600. The Morgan fingerprint density at radius 3 is 2.38 bits per heavy atom. The second-order valence-electron chi connectivity index (χ2n) is 8.39. The first kappa shape index (κ1) is 20.3. The van der Waals surface area contributed by atoms with Gasteiger partial charge in [-0.05, 0) is 42.0 Å². The quantitative estimate of drug-likeness (QED) is 0.456. The van der Waals surface area contributed by atoms with Crippen molar-refractivity contribution in [3.05, 3.63) is 111 Å². The summed E-state index contributed by atoms with van der Waals surface area (Å²) in [5.74, 6) is -2.50. The van der Waals surface area contributed by atoms with E-state index in [0.717, 1.165) is 12.1 Å². The third kappa shape index (κ3) is 2.45. The monoisotopic (exact) mass is 458 g/mol. The summed E-state index contributed by atoms with van der Waals surface area (Å²) in [4.78, 5) is 44.1. The summed E-state index contributed by atoms with van der Waals surface area (Å²) in [7, 11) is 1.57. The highest BCUT2D eigenvalue weighted by Crippen LogP contribution is 2.52. The fourth-order valence-electron chi connectivity index (χ4n) is 5.06. The van der Waals surface area contributed by atoms with Crippen LogP contribution < -0.4 is 10.3 Å². The van der Waals surface area contributed by atoms with E-state index < -0.39 is 34.4 Å². The van der Waals surface area contributed by atoms with Gasteiger partial charge in [0.15, 0.2) is 11.0 Å². The molecule has 0 radical (unpaired) electrons. The van der Waals surface area contributed by atoms with Crippen molar-refractivity contribution in [2.24, 2.45) is 0 Å². The van der Waals surface area contributed by atoms with Crippen molar-refractivity contribution in [1.82, 2.24) is 4.90 Å². The van der Waals surface area contributed by atoms with Crippen molar-refractivity contribution in [2.45, 2.75) is 12.1 Å². The molecule has 34 heavy (non-hydrogen) atoms. The molecule has 0 saturated carbocycles. The van der Waals surface area contributed by atoms with Crippen LogP contribution in [0.4, 0.5) is 14.5 Å². The van der Waals surface area contributed by atoms with Gasteiger partial charge in [-0.1, -0.05) is 30.3 Å². The minimum atomic E-state index is -1.80. The van der Waals surface area contributed by atoms with E-state index in [2.05, 4.69) is 0 Å².